The number of aliphatic hydroxyl groups is 1. The molecular formula is C20H30N4O2. The lowest BCUT2D eigenvalue weighted by Crippen LogP contribution is -2.55. The predicted octanol–water partition coefficient (Wildman–Crippen LogP) is 2.65. The maximum absolute atomic E-state index is 10.4. The molecule has 0 aliphatic carbocycles. The molecule has 2 aromatic rings. The van der Waals surface area contributed by atoms with Crippen molar-refractivity contribution in [2.75, 3.05) is 13.1 Å². The molecule has 2 atom stereocenters. The Morgan fingerprint density at radius 2 is 2.08 bits per heavy atom. The summed E-state index contributed by atoms with van der Waals surface area (Å²) < 4.78 is 8.42. The summed E-state index contributed by atoms with van der Waals surface area (Å²) in [4.78, 5) is 6.90. The van der Waals surface area contributed by atoms with Gasteiger partial charge >= 0.3 is 0 Å². The summed E-state index contributed by atoms with van der Waals surface area (Å²) in [6.45, 7) is 9.44. The van der Waals surface area contributed by atoms with Crippen LogP contribution in [0.4, 0.5) is 0 Å². The molecule has 142 valence electrons. The van der Waals surface area contributed by atoms with E-state index in [0.29, 0.717) is 0 Å². The van der Waals surface area contributed by atoms with Crippen molar-refractivity contribution in [3.63, 3.8) is 0 Å². The minimum atomic E-state index is -0.247. The summed E-state index contributed by atoms with van der Waals surface area (Å²) in [5, 5.41) is 14.8. The van der Waals surface area contributed by atoms with Crippen LogP contribution in [0.3, 0.4) is 0 Å². The van der Waals surface area contributed by atoms with Crippen LogP contribution < -0.4 is 0 Å². The van der Waals surface area contributed by atoms with Crippen molar-refractivity contribution in [2.45, 2.75) is 70.8 Å². The third-order valence-electron chi connectivity index (χ3n) is 5.97. The Kier molecular flexibility index (Phi) is 4.53. The van der Waals surface area contributed by atoms with E-state index < -0.39 is 0 Å². The monoisotopic (exact) mass is 358 g/mol. The lowest BCUT2D eigenvalue weighted by Gasteiger charge is -2.50. The van der Waals surface area contributed by atoms with E-state index in [2.05, 4.69) is 35.8 Å². The van der Waals surface area contributed by atoms with Gasteiger partial charge in [-0.3, -0.25) is 4.90 Å². The Labute approximate surface area is 155 Å². The number of likely N-dealkylation sites (tertiary alicyclic amines) is 1. The maximum atomic E-state index is 10.4. The van der Waals surface area contributed by atoms with Crippen LogP contribution in [0.5, 0.6) is 0 Å². The molecule has 6 nitrogen and oxygen atoms in total. The molecule has 0 saturated carbocycles. The van der Waals surface area contributed by atoms with Gasteiger partial charge < -0.3 is 9.84 Å². The van der Waals surface area contributed by atoms with Crippen LogP contribution in [0.15, 0.2) is 24.7 Å². The summed E-state index contributed by atoms with van der Waals surface area (Å²) in [6.07, 6.45) is 9.02. The number of piperidine rings is 1. The zero-order valence-corrected chi connectivity index (χ0v) is 16.1. The number of fused-ring (bicyclic) bond motifs is 1. The fraction of sp³-hybridized carbons (Fsp3) is 0.700. The standard InChI is InChI=1S/C20H30N4O2/c1-19(2,3)17-11-16(25)12-20(26-17)5-9-23(10-6-20)14-15-13-22-24-8-4-7-21-18(15)24/h4,7-8,13,16-17,25H,5-6,9-12,14H2,1-3H3/t16-,17-/m1/s1. The van der Waals surface area contributed by atoms with Crippen molar-refractivity contribution in [3.05, 3.63) is 30.2 Å². The zero-order chi connectivity index (χ0) is 18.4. The molecule has 0 unspecified atom stereocenters. The van der Waals surface area contributed by atoms with E-state index >= 15 is 0 Å². The van der Waals surface area contributed by atoms with E-state index in [1.54, 1.807) is 0 Å². The molecule has 2 aromatic heterocycles. The first-order valence-corrected chi connectivity index (χ1v) is 9.70. The van der Waals surface area contributed by atoms with Crippen molar-refractivity contribution in [2.24, 2.45) is 5.41 Å². The molecule has 0 radical (unpaired) electrons. The molecule has 1 spiro atoms. The van der Waals surface area contributed by atoms with Gasteiger partial charge in [0.05, 0.1) is 24.0 Å². The Bertz CT molecular complexity index is 759. The first kappa shape index (κ1) is 17.9. The normalized spacial score (nSPS) is 27.2. The largest absolute Gasteiger partial charge is 0.393 e. The van der Waals surface area contributed by atoms with E-state index in [4.69, 9.17) is 4.74 Å². The number of aromatic nitrogens is 3. The van der Waals surface area contributed by atoms with Crippen LogP contribution in [0.2, 0.25) is 0 Å². The van der Waals surface area contributed by atoms with Crippen LogP contribution in [0.25, 0.3) is 5.65 Å². The molecule has 1 N–H and O–H groups in total. The second-order valence-corrected chi connectivity index (χ2v) is 9.08. The van der Waals surface area contributed by atoms with Gasteiger partial charge in [0.25, 0.3) is 0 Å². The number of aliphatic hydroxyl groups excluding tert-OH is 1. The highest BCUT2D eigenvalue weighted by molar-refractivity contribution is 5.45. The third kappa shape index (κ3) is 3.50. The molecule has 6 heteroatoms. The number of ether oxygens (including phenoxy) is 1. The molecule has 2 fully saturated rings. The van der Waals surface area contributed by atoms with Gasteiger partial charge in [-0.2, -0.15) is 5.10 Å². The molecule has 4 rings (SSSR count). The van der Waals surface area contributed by atoms with E-state index in [9.17, 15) is 5.11 Å². The van der Waals surface area contributed by atoms with Crippen molar-refractivity contribution in [3.8, 4) is 0 Å². The van der Waals surface area contributed by atoms with Gasteiger partial charge in [-0.05, 0) is 24.3 Å². The Morgan fingerprint density at radius 3 is 2.81 bits per heavy atom. The van der Waals surface area contributed by atoms with Crippen LogP contribution in [0, 0.1) is 5.41 Å². The second-order valence-electron chi connectivity index (χ2n) is 9.08. The minimum absolute atomic E-state index is 0.0638. The highest BCUT2D eigenvalue weighted by atomic mass is 16.5. The molecule has 2 aliphatic heterocycles. The molecule has 2 aliphatic rings. The highest BCUT2D eigenvalue weighted by Crippen LogP contribution is 2.42. The minimum Gasteiger partial charge on any atom is -0.393 e. The summed E-state index contributed by atoms with van der Waals surface area (Å²) in [7, 11) is 0. The third-order valence-corrected chi connectivity index (χ3v) is 5.97. The van der Waals surface area contributed by atoms with Gasteiger partial charge in [0, 0.05) is 50.4 Å². The molecule has 0 amide bonds. The Hall–Kier alpha value is -1.50. The summed E-state index contributed by atoms with van der Waals surface area (Å²) in [6, 6.07) is 1.89. The van der Waals surface area contributed by atoms with Gasteiger partial charge in [-0.25, -0.2) is 9.50 Å². The van der Waals surface area contributed by atoms with Crippen molar-refractivity contribution < 1.29 is 9.84 Å². The fourth-order valence-electron chi connectivity index (χ4n) is 4.36. The molecule has 4 heterocycles. The molecule has 0 bridgehead atoms. The topological polar surface area (TPSA) is 62.9 Å². The fourth-order valence-corrected chi connectivity index (χ4v) is 4.36. The molecule has 26 heavy (non-hydrogen) atoms. The summed E-state index contributed by atoms with van der Waals surface area (Å²) in [5.74, 6) is 0. The van der Waals surface area contributed by atoms with E-state index in [-0.39, 0.29) is 23.2 Å². The first-order chi connectivity index (χ1) is 12.3. The Balaban J connectivity index is 1.42. The number of nitrogens with zero attached hydrogens (tertiary/aromatic N) is 4. The quantitative estimate of drug-likeness (QED) is 0.894. The summed E-state index contributed by atoms with van der Waals surface area (Å²) >= 11 is 0. The van der Waals surface area contributed by atoms with E-state index in [1.165, 1.54) is 5.56 Å². The lowest BCUT2D eigenvalue weighted by molar-refractivity contribution is -0.207. The lowest BCUT2D eigenvalue weighted by atomic mass is 9.76. The SMILES string of the molecule is CC(C)(C)[C@H]1C[C@@H](O)CC2(CCN(Cc3cnn4cccnc34)CC2)O1. The van der Waals surface area contributed by atoms with Crippen LogP contribution in [-0.4, -0.2) is 55.5 Å². The van der Waals surface area contributed by atoms with Gasteiger partial charge in [0.1, 0.15) is 0 Å². The van der Waals surface area contributed by atoms with Crippen LogP contribution >= 0.6 is 0 Å². The van der Waals surface area contributed by atoms with Crippen molar-refractivity contribution in [1.82, 2.24) is 19.5 Å². The van der Waals surface area contributed by atoms with Crippen LogP contribution in [0.1, 0.15) is 52.0 Å². The van der Waals surface area contributed by atoms with Crippen molar-refractivity contribution >= 4 is 5.65 Å². The molecule has 2 saturated heterocycles. The zero-order valence-electron chi connectivity index (χ0n) is 16.1. The van der Waals surface area contributed by atoms with Gasteiger partial charge in [0.15, 0.2) is 5.65 Å². The number of hydrogen-bond donors (Lipinski definition) is 1. The first-order valence-electron chi connectivity index (χ1n) is 9.70. The van der Waals surface area contributed by atoms with Gasteiger partial charge in [-0.1, -0.05) is 20.8 Å². The van der Waals surface area contributed by atoms with Gasteiger partial charge in [0.2, 0.25) is 0 Å². The highest BCUT2D eigenvalue weighted by Gasteiger charge is 2.46. The average molecular weight is 358 g/mol. The second kappa shape index (κ2) is 6.59. The number of rotatable bonds is 2. The van der Waals surface area contributed by atoms with E-state index in [0.717, 1.165) is 51.0 Å². The van der Waals surface area contributed by atoms with Crippen LogP contribution in [-0.2, 0) is 11.3 Å². The summed E-state index contributed by atoms with van der Waals surface area (Å²) in [5.41, 5.74) is 2.00. The average Bonchev–Trinajstić information content (AvgIpc) is 2.99. The molecule has 0 aromatic carbocycles. The van der Waals surface area contributed by atoms with E-state index in [1.807, 2.05) is 29.2 Å². The molecular weight excluding hydrogens is 328 g/mol. The van der Waals surface area contributed by atoms with Gasteiger partial charge in [-0.15, -0.1) is 0 Å². The Morgan fingerprint density at radius 1 is 1.31 bits per heavy atom. The smallest absolute Gasteiger partial charge is 0.159 e. The number of hydrogen-bond acceptors (Lipinski definition) is 5. The van der Waals surface area contributed by atoms with Crippen molar-refractivity contribution in [1.29, 1.82) is 0 Å². The predicted molar refractivity (Wildman–Crippen MR) is 99.8 cm³/mol. The maximum Gasteiger partial charge on any atom is 0.159 e.